The third-order valence-corrected chi connectivity index (χ3v) is 4.80. The van der Waals surface area contributed by atoms with Crippen LogP contribution in [0.15, 0.2) is 61.1 Å². The molecule has 0 aliphatic carbocycles. The predicted molar refractivity (Wildman–Crippen MR) is 115 cm³/mol. The predicted octanol–water partition coefficient (Wildman–Crippen LogP) is 3.87. The van der Waals surface area contributed by atoms with E-state index < -0.39 is 6.36 Å². The Bertz CT molecular complexity index is 1070. The molecule has 0 saturated carbocycles. The van der Waals surface area contributed by atoms with Crippen molar-refractivity contribution in [3.63, 3.8) is 0 Å². The van der Waals surface area contributed by atoms with Crippen LogP contribution in [0.5, 0.6) is 5.75 Å². The van der Waals surface area contributed by atoms with Crippen molar-refractivity contribution < 1.29 is 22.7 Å². The monoisotopic (exact) mass is 459 g/mol. The second kappa shape index (κ2) is 9.59. The van der Waals surface area contributed by atoms with Crippen molar-refractivity contribution in [1.82, 2.24) is 19.9 Å². The third-order valence-electron chi connectivity index (χ3n) is 4.80. The summed E-state index contributed by atoms with van der Waals surface area (Å²) in [4.78, 5) is 28.9. The number of amides is 2. The van der Waals surface area contributed by atoms with Crippen molar-refractivity contribution in [3.05, 3.63) is 61.1 Å². The van der Waals surface area contributed by atoms with Crippen LogP contribution in [0.4, 0.5) is 41.1 Å². The number of carbonyl (C=O) groups is 1. The van der Waals surface area contributed by atoms with Gasteiger partial charge in [0.15, 0.2) is 0 Å². The molecule has 33 heavy (non-hydrogen) atoms. The maximum Gasteiger partial charge on any atom is 0.573 e. The van der Waals surface area contributed by atoms with E-state index in [4.69, 9.17) is 0 Å². The lowest BCUT2D eigenvalue weighted by Crippen LogP contribution is -2.50. The Labute approximate surface area is 187 Å². The van der Waals surface area contributed by atoms with Crippen LogP contribution in [0, 0.1) is 0 Å². The maximum atomic E-state index is 12.5. The molecule has 2 amide bonds. The minimum absolute atomic E-state index is 0.334. The highest BCUT2D eigenvalue weighted by molar-refractivity contribution is 5.89. The molecule has 0 spiro atoms. The van der Waals surface area contributed by atoms with Gasteiger partial charge in [0, 0.05) is 44.1 Å². The number of ether oxygens (including phenoxy) is 1. The smallest absolute Gasteiger partial charge is 0.406 e. The molecule has 0 bridgehead atoms. The van der Waals surface area contributed by atoms with Crippen LogP contribution in [0.2, 0.25) is 0 Å². The molecule has 0 unspecified atom stereocenters. The molecular formula is C21H20F3N7O2. The van der Waals surface area contributed by atoms with E-state index in [1.54, 1.807) is 11.1 Å². The van der Waals surface area contributed by atoms with Gasteiger partial charge in [-0.1, -0.05) is 6.07 Å². The molecule has 9 nitrogen and oxygen atoms in total. The summed E-state index contributed by atoms with van der Waals surface area (Å²) in [5.41, 5.74) is 0.373. The molecule has 1 saturated heterocycles. The summed E-state index contributed by atoms with van der Waals surface area (Å²) in [6.07, 6.45) is -1.62. The number of benzene rings is 1. The highest BCUT2D eigenvalue weighted by atomic mass is 19.4. The minimum atomic E-state index is -4.76. The summed E-state index contributed by atoms with van der Waals surface area (Å²) < 4.78 is 40.6. The summed E-state index contributed by atoms with van der Waals surface area (Å²) in [5, 5.41) is 5.80. The van der Waals surface area contributed by atoms with Gasteiger partial charge >= 0.3 is 12.4 Å². The number of alkyl halides is 3. The molecule has 2 aromatic heterocycles. The van der Waals surface area contributed by atoms with Crippen LogP contribution in [-0.4, -0.2) is 58.4 Å². The van der Waals surface area contributed by atoms with Gasteiger partial charge in [0.2, 0.25) is 0 Å². The highest BCUT2D eigenvalue weighted by Gasteiger charge is 2.31. The van der Waals surface area contributed by atoms with Gasteiger partial charge in [-0.2, -0.15) is 0 Å². The van der Waals surface area contributed by atoms with Crippen LogP contribution in [0.3, 0.4) is 0 Å². The van der Waals surface area contributed by atoms with Crippen LogP contribution in [-0.2, 0) is 0 Å². The Morgan fingerprint density at radius 2 is 1.70 bits per heavy atom. The van der Waals surface area contributed by atoms with E-state index in [1.807, 2.05) is 29.2 Å². The molecule has 4 rings (SSSR count). The Kier molecular flexibility index (Phi) is 6.43. The summed E-state index contributed by atoms with van der Waals surface area (Å²) in [6.45, 7) is 2.03. The number of urea groups is 1. The molecule has 0 atom stereocenters. The van der Waals surface area contributed by atoms with Gasteiger partial charge < -0.3 is 25.2 Å². The SMILES string of the molecule is O=C(Nc1ccc(OC(F)(F)F)cc1)N1CCN(c2cc(Nc3ccccn3)ncn2)CC1. The first kappa shape index (κ1) is 22.1. The fourth-order valence-corrected chi connectivity index (χ4v) is 3.24. The Hall–Kier alpha value is -4.09. The lowest BCUT2D eigenvalue weighted by Gasteiger charge is -2.35. The fraction of sp³-hybridized carbons (Fsp3) is 0.238. The topological polar surface area (TPSA) is 95.5 Å². The van der Waals surface area contributed by atoms with E-state index >= 15 is 0 Å². The lowest BCUT2D eigenvalue weighted by molar-refractivity contribution is -0.274. The van der Waals surface area contributed by atoms with Crippen molar-refractivity contribution in [2.45, 2.75) is 6.36 Å². The van der Waals surface area contributed by atoms with Crippen molar-refractivity contribution in [1.29, 1.82) is 0 Å². The number of nitrogens with zero attached hydrogens (tertiary/aromatic N) is 5. The molecule has 1 aliphatic rings. The highest BCUT2D eigenvalue weighted by Crippen LogP contribution is 2.24. The largest absolute Gasteiger partial charge is 0.573 e. The molecule has 0 radical (unpaired) electrons. The zero-order valence-corrected chi connectivity index (χ0v) is 17.3. The fourth-order valence-electron chi connectivity index (χ4n) is 3.24. The maximum absolute atomic E-state index is 12.5. The summed E-state index contributed by atoms with van der Waals surface area (Å²) in [6, 6.07) is 12.0. The number of halogens is 3. The molecular weight excluding hydrogens is 439 g/mol. The molecule has 2 N–H and O–H groups in total. The second-order valence-corrected chi connectivity index (χ2v) is 7.08. The zero-order valence-electron chi connectivity index (χ0n) is 17.3. The summed E-state index contributed by atoms with van der Waals surface area (Å²) in [5.74, 6) is 1.65. The van der Waals surface area contributed by atoms with Gasteiger partial charge in [0.25, 0.3) is 0 Å². The van der Waals surface area contributed by atoms with E-state index in [9.17, 15) is 18.0 Å². The first-order valence-electron chi connectivity index (χ1n) is 10.0. The lowest BCUT2D eigenvalue weighted by atomic mass is 10.3. The number of carbonyl (C=O) groups excluding carboxylic acids is 1. The van der Waals surface area contributed by atoms with E-state index in [0.717, 1.165) is 18.0 Å². The van der Waals surface area contributed by atoms with Gasteiger partial charge in [0.1, 0.15) is 29.5 Å². The molecule has 3 aromatic rings. The van der Waals surface area contributed by atoms with Crippen LogP contribution in [0.25, 0.3) is 0 Å². The number of anilines is 4. The van der Waals surface area contributed by atoms with Gasteiger partial charge in [-0.25, -0.2) is 19.7 Å². The zero-order chi connectivity index (χ0) is 23.3. The molecule has 172 valence electrons. The van der Waals surface area contributed by atoms with E-state index in [1.165, 1.54) is 18.5 Å². The van der Waals surface area contributed by atoms with E-state index in [2.05, 4.69) is 30.3 Å². The molecule has 3 heterocycles. The van der Waals surface area contributed by atoms with Crippen molar-refractivity contribution in [2.75, 3.05) is 41.7 Å². The van der Waals surface area contributed by atoms with E-state index in [-0.39, 0.29) is 11.8 Å². The van der Waals surface area contributed by atoms with Gasteiger partial charge in [-0.15, -0.1) is 13.2 Å². The Balaban J connectivity index is 1.30. The number of rotatable bonds is 5. The van der Waals surface area contributed by atoms with Crippen molar-refractivity contribution in [2.24, 2.45) is 0 Å². The van der Waals surface area contributed by atoms with Gasteiger partial charge in [-0.05, 0) is 36.4 Å². The third kappa shape index (κ3) is 6.21. The summed E-state index contributed by atoms with van der Waals surface area (Å²) >= 11 is 0. The van der Waals surface area contributed by atoms with Crippen LogP contribution < -0.4 is 20.3 Å². The number of pyridine rings is 1. The van der Waals surface area contributed by atoms with Crippen LogP contribution >= 0.6 is 0 Å². The number of nitrogens with one attached hydrogen (secondary N) is 2. The minimum Gasteiger partial charge on any atom is -0.406 e. The van der Waals surface area contributed by atoms with Crippen molar-refractivity contribution >= 4 is 29.2 Å². The summed E-state index contributed by atoms with van der Waals surface area (Å²) in [7, 11) is 0. The molecule has 1 fully saturated rings. The normalized spacial score (nSPS) is 14.0. The van der Waals surface area contributed by atoms with Crippen LogP contribution in [0.1, 0.15) is 0 Å². The van der Waals surface area contributed by atoms with Gasteiger partial charge in [0.05, 0.1) is 0 Å². The first-order chi connectivity index (χ1) is 15.9. The Morgan fingerprint density at radius 1 is 0.939 bits per heavy atom. The number of hydrogen-bond acceptors (Lipinski definition) is 7. The number of piperazine rings is 1. The Morgan fingerprint density at radius 3 is 2.36 bits per heavy atom. The second-order valence-electron chi connectivity index (χ2n) is 7.08. The standard InChI is InChI=1S/C21H20F3N7O2/c22-21(23,24)33-16-6-4-15(5-7-16)28-20(32)31-11-9-30(10-12-31)19-13-18(26-14-27-19)29-17-3-1-2-8-25-17/h1-8,13-14H,9-12H2,(H,28,32)(H,25,26,27,29). The average Bonchev–Trinajstić information content (AvgIpc) is 2.80. The van der Waals surface area contributed by atoms with E-state index in [0.29, 0.717) is 43.5 Å². The molecule has 12 heteroatoms. The van der Waals surface area contributed by atoms with Gasteiger partial charge in [-0.3, -0.25) is 0 Å². The quantitative estimate of drug-likeness (QED) is 0.598. The van der Waals surface area contributed by atoms with Crippen molar-refractivity contribution in [3.8, 4) is 5.75 Å². The number of aromatic nitrogens is 3. The number of hydrogen-bond donors (Lipinski definition) is 2. The first-order valence-corrected chi connectivity index (χ1v) is 10.0. The molecule has 1 aromatic carbocycles. The molecule has 1 aliphatic heterocycles. The average molecular weight is 459 g/mol.